The molecule has 8 nitrogen and oxygen atoms in total. The SMILES string of the molecule is N#CCn1c(COC(=O)c2ccccc2SCC(N)=O)nc2ccccc2c1=O. The molecule has 146 valence electrons. The molecule has 3 aromatic rings. The summed E-state index contributed by atoms with van der Waals surface area (Å²) in [6, 6.07) is 15.3. The van der Waals surface area contributed by atoms with Crippen molar-refractivity contribution in [2.24, 2.45) is 5.73 Å². The third kappa shape index (κ3) is 4.62. The van der Waals surface area contributed by atoms with Gasteiger partial charge in [0.2, 0.25) is 5.91 Å². The van der Waals surface area contributed by atoms with Crippen molar-refractivity contribution in [2.45, 2.75) is 18.0 Å². The summed E-state index contributed by atoms with van der Waals surface area (Å²) < 4.78 is 6.54. The predicted molar refractivity (Wildman–Crippen MR) is 107 cm³/mol. The Morgan fingerprint density at radius 3 is 2.66 bits per heavy atom. The number of esters is 1. The number of hydrogen-bond donors (Lipinski definition) is 1. The van der Waals surface area contributed by atoms with E-state index in [2.05, 4.69) is 4.98 Å². The molecular formula is C20H16N4O4S. The van der Waals surface area contributed by atoms with E-state index < -0.39 is 11.9 Å². The van der Waals surface area contributed by atoms with Crippen LogP contribution in [0, 0.1) is 11.3 Å². The standard InChI is InChI=1S/C20H16N4O4S/c21-9-10-24-18(23-15-7-3-1-5-13(15)19(24)26)11-28-20(27)14-6-2-4-8-16(14)29-12-17(22)25/h1-8H,10-12H2,(H2,22,25). The van der Waals surface area contributed by atoms with Gasteiger partial charge < -0.3 is 10.5 Å². The Morgan fingerprint density at radius 1 is 1.17 bits per heavy atom. The molecule has 0 spiro atoms. The van der Waals surface area contributed by atoms with Crippen molar-refractivity contribution in [3.8, 4) is 6.07 Å². The number of aromatic nitrogens is 2. The number of primary amides is 1. The molecule has 0 aliphatic carbocycles. The summed E-state index contributed by atoms with van der Waals surface area (Å²) in [5, 5.41) is 9.43. The van der Waals surface area contributed by atoms with E-state index in [0.717, 1.165) is 11.8 Å². The Bertz CT molecular complexity index is 1180. The summed E-state index contributed by atoms with van der Waals surface area (Å²) in [5.41, 5.74) is 5.51. The molecule has 9 heteroatoms. The Labute approximate surface area is 169 Å². The van der Waals surface area contributed by atoms with E-state index in [4.69, 9.17) is 15.7 Å². The van der Waals surface area contributed by atoms with Gasteiger partial charge in [0.1, 0.15) is 13.2 Å². The third-order valence-electron chi connectivity index (χ3n) is 3.98. The van der Waals surface area contributed by atoms with Gasteiger partial charge in [-0.1, -0.05) is 24.3 Å². The van der Waals surface area contributed by atoms with Crippen molar-refractivity contribution in [1.82, 2.24) is 9.55 Å². The van der Waals surface area contributed by atoms with Crippen LogP contribution in [0.2, 0.25) is 0 Å². The zero-order valence-corrected chi connectivity index (χ0v) is 16.0. The number of amides is 1. The number of ether oxygens (including phenoxy) is 1. The van der Waals surface area contributed by atoms with Gasteiger partial charge in [0.25, 0.3) is 5.56 Å². The van der Waals surface area contributed by atoms with Crippen molar-refractivity contribution < 1.29 is 14.3 Å². The van der Waals surface area contributed by atoms with E-state index in [0.29, 0.717) is 15.8 Å². The van der Waals surface area contributed by atoms with Crippen LogP contribution in [0.4, 0.5) is 0 Å². The molecule has 0 aliphatic rings. The number of nitrogens with zero attached hydrogens (tertiary/aromatic N) is 3. The van der Waals surface area contributed by atoms with Crippen LogP contribution >= 0.6 is 11.8 Å². The number of thioether (sulfide) groups is 1. The molecule has 0 atom stereocenters. The summed E-state index contributed by atoms with van der Waals surface area (Å²) in [4.78, 5) is 41.2. The second kappa shape index (κ2) is 9.03. The normalized spacial score (nSPS) is 10.4. The highest BCUT2D eigenvalue weighted by Crippen LogP contribution is 2.23. The summed E-state index contributed by atoms with van der Waals surface area (Å²) >= 11 is 1.13. The monoisotopic (exact) mass is 408 g/mol. The predicted octanol–water partition coefficient (Wildman–Crippen LogP) is 1.85. The second-order valence-corrected chi connectivity index (χ2v) is 6.94. The number of rotatable bonds is 7. The van der Waals surface area contributed by atoms with Crippen LogP contribution in [0.25, 0.3) is 10.9 Å². The first kappa shape index (κ1) is 20.1. The molecular weight excluding hydrogens is 392 g/mol. The highest BCUT2D eigenvalue weighted by Gasteiger charge is 2.16. The molecule has 0 saturated heterocycles. The maximum Gasteiger partial charge on any atom is 0.339 e. The Morgan fingerprint density at radius 2 is 1.90 bits per heavy atom. The second-order valence-electron chi connectivity index (χ2n) is 5.92. The van der Waals surface area contributed by atoms with Crippen LogP contribution in [0.15, 0.2) is 58.2 Å². The van der Waals surface area contributed by atoms with E-state index >= 15 is 0 Å². The maximum atomic E-state index is 12.6. The molecule has 1 amide bonds. The minimum atomic E-state index is -0.636. The van der Waals surface area contributed by atoms with Gasteiger partial charge >= 0.3 is 5.97 Å². The first-order valence-electron chi connectivity index (χ1n) is 8.54. The van der Waals surface area contributed by atoms with E-state index in [9.17, 15) is 14.4 Å². The molecule has 2 N–H and O–H groups in total. The van der Waals surface area contributed by atoms with Gasteiger partial charge in [-0.15, -0.1) is 11.8 Å². The largest absolute Gasteiger partial charge is 0.454 e. The number of para-hydroxylation sites is 1. The quantitative estimate of drug-likeness (QED) is 0.467. The average Bonchev–Trinajstić information content (AvgIpc) is 2.73. The third-order valence-corrected chi connectivity index (χ3v) is 5.07. The van der Waals surface area contributed by atoms with Crippen LogP contribution in [0.1, 0.15) is 16.2 Å². The lowest BCUT2D eigenvalue weighted by molar-refractivity contribution is -0.115. The molecule has 0 unspecified atom stereocenters. The number of nitriles is 1. The lowest BCUT2D eigenvalue weighted by Crippen LogP contribution is -2.26. The highest BCUT2D eigenvalue weighted by molar-refractivity contribution is 8.00. The Balaban J connectivity index is 1.87. The number of benzene rings is 2. The molecule has 29 heavy (non-hydrogen) atoms. The van der Waals surface area contributed by atoms with Crippen LogP contribution in [0.5, 0.6) is 0 Å². The minimum Gasteiger partial charge on any atom is -0.454 e. The zero-order valence-electron chi connectivity index (χ0n) is 15.2. The van der Waals surface area contributed by atoms with Gasteiger partial charge in [0.15, 0.2) is 5.82 Å². The number of nitrogens with two attached hydrogens (primary N) is 1. The van der Waals surface area contributed by atoms with E-state index in [1.54, 1.807) is 48.5 Å². The number of hydrogen-bond acceptors (Lipinski definition) is 7. The Kier molecular flexibility index (Phi) is 6.26. The molecule has 3 rings (SSSR count). The van der Waals surface area contributed by atoms with Crippen molar-refractivity contribution in [1.29, 1.82) is 5.26 Å². The Hall–Kier alpha value is -3.64. The average molecular weight is 408 g/mol. The molecule has 1 aromatic heterocycles. The first-order chi connectivity index (χ1) is 14.0. The lowest BCUT2D eigenvalue weighted by atomic mass is 10.2. The van der Waals surface area contributed by atoms with Crippen LogP contribution < -0.4 is 11.3 Å². The van der Waals surface area contributed by atoms with Crippen LogP contribution in [-0.4, -0.2) is 27.2 Å². The van der Waals surface area contributed by atoms with Crippen LogP contribution in [-0.2, 0) is 22.7 Å². The van der Waals surface area contributed by atoms with Gasteiger partial charge in [-0.25, -0.2) is 9.78 Å². The molecule has 0 saturated carbocycles. The van der Waals surface area contributed by atoms with Crippen molar-refractivity contribution >= 4 is 34.5 Å². The fourth-order valence-electron chi connectivity index (χ4n) is 2.68. The van der Waals surface area contributed by atoms with E-state index in [1.807, 2.05) is 6.07 Å². The molecule has 0 bridgehead atoms. The zero-order chi connectivity index (χ0) is 20.8. The van der Waals surface area contributed by atoms with Gasteiger partial charge in [0.05, 0.1) is 28.3 Å². The van der Waals surface area contributed by atoms with E-state index in [1.165, 1.54) is 4.57 Å². The lowest BCUT2D eigenvalue weighted by Gasteiger charge is -2.12. The van der Waals surface area contributed by atoms with Crippen molar-refractivity contribution in [3.05, 3.63) is 70.3 Å². The summed E-state index contributed by atoms with van der Waals surface area (Å²) in [6.45, 7) is -0.496. The highest BCUT2D eigenvalue weighted by atomic mass is 32.2. The van der Waals surface area contributed by atoms with Crippen molar-refractivity contribution in [2.75, 3.05) is 5.75 Å². The summed E-state index contributed by atoms with van der Waals surface area (Å²) in [5.74, 6) is -0.938. The molecule has 2 aromatic carbocycles. The summed E-state index contributed by atoms with van der Waals surface area (Å²) in [6.07, 6.45) is 0. The number of carbonyl (C=O) groups excluding carboxylic acids is 2. The van der Waals surface area contributed by atoms with Gasteiger partial charge in [-0.2, -0.15) is 5.26 Å². The van der Waals surface area contributed by atoms with Crippen LogP contribution in [0.3, 0.4) is 0 Å². The smallest absolute Gasteiger partial charge is 0.339 e. The maximum absolute atomic E-state index is 12.6. The molecule has 0 aliphatic heterocycles. The molecule has 0 fully saturated rings. The minimum absolute atomic E-state index is 0.0260. The number of carbonyl (C=O) groups is 2. The van der Waals surface area contributed by atoms with Gasteiger partial charge in [-0.05, 0) is 24.3 Å². The molecule has 0 radical (unpaired) electrons. The number of fused-ring (bicyclic) bond motifs is 1. The fourth-order valence-corrected chi connectivity index (χ4v) is 3.46. The van der Waals surface area contributed by atoms with Crippen molar-refractivity contribution in [3.63, 3.8) is 0 Å². The first-order valence-corrected chi connectivity index (χ1v) is 9.52. The van der Waals surface area contributed by atoms with E-state index in [-0.39, 0.29) is 35.9 Å². The molecule has 1 heterocycles. The van der Waals surface area contributed by atoms with Gasteiger partial charge in [0, 0.05) is 4.90 Å². The van der Waals surface area contributed by atoms with Gasteiger partial charge in [-0.3, -0.25) is 14.2 Å². The topological polar surface area (TPSA) is 128 Å². The summed E-state index contributed by atoms with van der Waals surface area (Å²) in [7, 11) is 0. The fraction of sp³-hybridized carbons (Fsp3) is 0.150.